The van der Waals surface area contributed by atoms with Gasteiger partial charge in [-0.3, -0.25) is 29.6 Å². The van der Waals surface area contributed by atoms with E-state index in [1.807, 2.05) is 0 Å². The number of alkyl halides is 3. The summed E-state index contributed by atoms with van der Waals surface area (Å²) in [6.07, 6.45) is -5.05. The number of nitro groups is 2. The third-order valence-corrected chi connectivity index (χ3v) is 5.80. The van der Waals surface area contributed by atoms with Gasteiger partial charge in [-0.1, -0.05) is 30.3 Å². The normalized spacial score (nSPS) is 11.5. The van der Waals surface area contributed by atoms with E-state index in [2.05, 4.69) is 4.98 Å². The van der Waals surface area contributed by atoms with Crippen LogP contribution in [0.15, 0.2) is 81.6 Å². The minimum absolute atomic E-state index is 0.194. The molecule has 0 bridgehead atoms. The van der Waals surface area contributed by atoms with Crippen LogP contribution in [0.3, 0.4) is 0 Å². The van der Waals surface area contributed by atoms with Crippen LogP contribution in [0.1, 0.15) is 5.56 Å². The molecular weight excluding hydrogens is 477 g/mol. The van der Waals surface area contributed by atoms with Gasteiger partial charge < -0.3 is 0 Å². The third kappa shape index (κ3) is 4.20. The minimum atomic E-state index is -5.05. The monoisotopic (exact) mass is 488 g/mol. The fourth-order valence-corrected chi connectivity index (χ4v) is 4.30. The maximum absolute atomic E-state index is 13.3. The van der Waals surface area contributed by atoms with Crippen LogP contribution in [0.2, 0.25) is 0 Å². The van der Waals surface area contributed by atoms with E-state index in [4.69, 9.17) is 0 Å². The highest BCUT2D eigenvalue weighted by Crippen LogP contribution is 2.45. The lowest BCUT2D eigenvalue weighted by Gasteiger charge is -2.14. The van der Waals surface area contributed by atoms with Gasteiger partial charge in [0.15, 0.2) is 10.1 Å². The van der Waals surface area contributed by atoms with Gasteiger partial charge in [-0.2, -0.15) is 13.2 Å². The van der Waals surface area contributed by atoms with E-state index < -0.39 is 43.4 Å². The molecule has 13 heteroatoms. The Hall–Kier alpha value is -4.26. The average Bonchev–Trinajstić information content (AvgIpc) is 2.79. The molecule has 3 aromatic carbocycles. The van der Waals surface area contributed by atoms with Gasteiger partial charge in [0, 0.05) is 12.1 Å². The van der Waals surface area contributed by atoms with Crippen molar-refractivity contribution < 1.29 is 23.0 Å². The number of halogens is 3. The zero-order chi connectivity index (χ0) is 24.6. The molecule has 4 rings (SSSR count). The Kier molecular flexibility index (Phi) is 5.79. The fraction of sp³-hybridized carbons (Fsp3) is 0.0476. The molecule has 0 saturated heterocycles. The number of rotatable bonds is 5. The Morgan fingerprint density at radius 1 is 0.882 bits per heavy atom. The summed E-state index contributed by atoms with van der Waals surface area (Å²) in [5.41, 5.74) is -3.84. The van der Waals surface area contributed by atoms with Crippen LogP contribution in [-0.2, 0) is 6.18 Å². The summed E-state index contributed by atoms with van der Waals surface area (Å²) in [5, 5.41) is 23.2. The highest BCUT2D eigenvalue weighted by Gasteiger charge is 2.38. The predicted octanol–water partition coefficient (Wildman–Crippen LogP) is 5.37. The van der Waals surface area contributed by atoms with Crippen LogP contribution >= 0.6 is 11.8 Å². The number of aromatic nitrogens is 2. The van der Waals surface area contributed by atoms with Crippen molar-refractivity contribution in [3.63, 3.8) is 0 Å². The van der Waals surface area contributed by atoms with Crippen molar-refractivity contribution in [2.45, 2.75) is 16.2 Å². The average molecular weight is 488 g/mol. The number of benzene rings is 3. The Morgan fingerprint density at radius 3 is 2.00 bits per heavy atom. The van der Waals surface area contributed by atoms with Crippen molar-refractivity contribution in [3.8, 4) is 5.69 Å². The van der Waals surface area contributed by atoms with Gasteiger partial charge in [0.05, 0.1) is 32.0 Å². The van der Waals surface area contributed by atoms with Crippen molar-refractivity contribution in [2.75, 3.05) is 0 Å². The Balaban J connectivity index is 2.04. The minimum Gasteiger partial charge on any atom is -0.268 e. The van der Waals surface area contributed by atoms with Crippen molar-refractivity contribution in [1.82, 2.24) is 9.55 Å². The predicted molar refractivity (Wildman–Crippen MR) is 116 cm³/mol. The molecule has 0 aliphatic heterocycles. The highest BCUT2D eigenvalue weighted by atomic mass is 32.2. The number of para-hydroxylation sites is 2. The molecule has 0 aliphatic rings. The summed E-state index contributed by atoms with van der Waals surface area (Å²) in [6.45, 7) is 0. The largest absolute Gasteiger partial charge is 0.416 e. The Bertz CT molecular complexity index is 1470. The molecule has 9 nitrogen and oxygen atoms in total. The second kappa shape index (κ2) is 8.59. The summed E-state index contributed by atoms with van der Waals surface area (Å²) in [7, 11) is 0. The summed E-state index contributed by atoms with van der Waals surface area (Å²) in [4.78, 5) is 37.9. The van der Waals surface area contributed by atoms with Gasteiger partial charge in [-0.15, -0.1) is 0 Å². The van der Waals surface area contributed by atoms with Crippen LogP contribution in [0.4, 0.5) is 24.5 Å². The van der Waals surface area contributed by atoms with Crippen LogP contribution in [-0.4, -0.2) is 19.4 Å². The van der Waals surface area contributed by atoms with Crippen molar-refractivity contribution in [1.29, 1.82) is 0 Å². The molecule has 0 radical (unpaired) electrons. The first-order valence-electron chi connectivity index (χ1n) is 9.37. The Labute approximate surface area is 191 Å². The first-order valence-corrected chi connectivity index (χ1v) is 10.2. The summed E-state index contributed by atoms with van der Waals surface area (Å²) in [6, 6.07) is 14.7. The molecule has 172 valence electrons. The van der Waals surface area contributed by atoms with Gasteiger partial charge in [0.25, 0.3) is 16.9 Å². The van der Waals surface area contributed by atoms with Gasteiger partial charge in [0.1, 0.15) is 0 Å². The molecule has 0 aliphatic carbocycles. The molecule has 0 atom stereocenters. The smallest absolute Gasteiger partial charge is 0.268 e. The lowest BCUT2D eigenvalue weighted by Crippen LogP contribution is -2.21. The fourth-order valence-electron chi connectivity index (χ4n) is 3.21. The van der Waals surface area contributed by atoms with E-state index in [9.17, 15) is 38.2 Å². The van der Waals surface area contributed by atoms with Crippen molar-refractivity contribution in [2.24, 2.45) is 0 Å². The molecule has 0 N–H and O–H groups in total. The second-order valence-electron chi connectivity index (χ2n) is 6.85. The standard InChI is InChI=1S/C21H11F3N4O5S/c22-21(23,24)12-10-16(27(30)31)18(17(11-12)28(32)33)34-20-25-15-9-5-4-8-14(15)19(29)26(20)13-6-2-1-3-7-13/h1-11H. The summed E-state index contributed by atoms with van der Waals surface area (Å²) < 4.78 is 40.8. The van der Waals surface area contributed by atoms with Gasteiger partial charge >= 0.3 is 6.18 Å². The van der Waals surface area contributed by atoms with E-state index in [0.717, 1.165) is 4.57 Å². The molecule has 0 fully saturated rings. The Morgan fingerprint density at radius 2 is 1.44 bits per heavy atom. The molecule has 1 aromatic heterocycles. The van der Waals surface area contributed by atoms with Crippen LogP contribution in [0, 0.1) is 20.2 Å². The summed E-state index contributed by atoms with van der Waals surface area (Å²) in [5.74, 6) is 0. The molecule has 0 spiro atoms. The number of hydrogen-bond acceptors (Lipinski definition) is 7. The number of nitrogens with zero attached hydrogens (tertiary/aromatic N) is 4. The van der Waals surface area contributed by atoms with Crippen molar-refractivity contribution >= 4 is 34.0 Å². The molecular formula is C21H11F3N4O5S. The first-order chi connectivity index (χ1) is 16.1. The maximum Gasteiger partial charge on any atom is 0.416 e. The van der Waals surface area contributed by atoms with Gasteiger partial charge in [-0.25, -0.2) is 4.98 Å². The summed E-state index contributed by atoms with van der Waals surface area (Å²) >= 11 is 0.368. The van der Waals surface area contributed by atoms with E-state index in [0.29, 0.717) is 17.4 Å². The topological polar surface area (TPSA) is 121 Å². The zero-order valence-corrected chi connectivity index (χ0v) is 17.5. The number of fused-ring (bicyclic) bond motifs is 1. The first kappa shape index (κ1) is 22.9. The van der Waals surface area contributed by atoms with Crippen molar-refractivity contribution in [3.05, 3.63) is 103 Å². The lowest BCUT2D eigenvalue weighted by molar-refractivity contribution is -0.400. The zero-order valence-electron chi connectivity index (χ0n) is 16.7. The van der Waals surface area contributed by atoms with E-state index >= 15 is 0 Å². The van der Waals surface area contributed by atoms with E-state index in [1.54, 1.807) is 42.5 Å². The number of hydrogen-bond donors (Lipinski definition) is 0. The molecule has 0 amide bonds. The maximum atomic E-state index is 13.3. The third-order valence-electron chi connectivity index (χ3n) is 4.72. The molecule has 0 saturated carbocycles. The van der Waals surface area contributed by atoms with Gasteiger partial charge in [0.2, 0.25) is 0 Å². The quantitative estimate of drug-likeness (QED) is 0.210. The van der Waals surface area contributed by atoms with Crippen LogP contribution in [0.25, 0.3) is 16.6 Å². The molecule has 4 aromatic rings. The van der Waals surface area contributed by atoms with E-state index in [1.165, 1.54) is 12.1 Å². The van der Waals surface area contributed by atoms with Crippen LogP contribution in [0.5, 0.6) is 0 Å². The SMILES string of the molecule is O=c1c2ccccc2nc(Sc2c([N+](=O)[O-])cc(C(F)(F)F)cc2[N+](=O)[O-])n1-c1ccccc1. The highest BCUT2D eigenvalue weighted by molar-refractivity contribution is 7.99. The molecule has 0 unspecified atom stereocenters. The molecule has 1 heterocycles. The molecule has 34 heavy (non-hydrogen) atoms. The lowest BCUT2D eigenvalue weighted by atomic mass is 10.1. The number of nitro benzene ring substituents is 2. The van der Waals surface area contributed by atoms with Crippen LogP contribution < -0.4 is 5.56 Å². The second-order valence-corrected chi connectivity index (χ2v) is 7.82. The van der Waals surface area contributed by atoms with E-state index in [-0.39, 0.29) is 28.2 Å². The van der Waals surface area contributed by atoms with Gasteiger partial charge in [-0.05, 0) is 36.0 Å².